The highest BCUT2D eigenvalue weighted by Gasteiger charge is 2.16. The number of carboxylic acids is 1. The molecule has 0 bridgehead atoms. The number of carboxylic acid groups (broad SMARTS) is 1. The van der Waals surface area contributed by atoms with Gasteiger partial charge in [0.05, 0.1) is 0 Å². The highest BCUT2D eigenvalue weighted by atomic mass is 16.4. The van der Waals surface area contributed by atoms with E-state index in [9.17, 15) is 9.59 Å². The molecule has 0 radical (unpaired) electrons. The fourth-order valence-electron chi connectivity index (χ4n) is 1.02. The molecule has 1 atom stereocenters. The summed E-state index contributed by atoms with van der Waals surface area (Å²) in [5.74, 6) is -1.59. The van der Waals surface area contributed by atoms with Gasteiger partial charge in [-0.15, -0.1) is 0 Å². The maximum Gasteiger partial charge on any atom is 0.313 e. The zero-order chi connectivity index (χ0) is 10.7. The molecule has 5 heteroatoms. The molecule has 1 rings (SSSR count). The Balaban J connectivity index is 3.09. The Hall–Kier alpha value is -1.65. The van der Waals surface area contributed by atoms with Gasteiger partial charge in [-0.3, -0.25) is 9.59 Å². The second-order valence-corrected chi connectivity index (χ2v) is 3.04. The summed E-state index contributed by atoms with van der Waals surface area (Å²) in [5.41, 5.74) is 0.303. The molecule has 5 nitrogen and oxygen atoms in total. The van der Waals surface area contributed by atoms with Crippen molar-refractivity contribution in [2.45, 2.75) is 26.2 Å². The molecule has 0 fully saturated rings. The van der Waals surface area contributed by atoms with Crippen molar-refractivity contribution in [3.05, 3.63) is 27.9 Å². The Bertz CT molecular complexity index is 397. The van der Waals surface area contributed by atoms with E-state index in [1.165, 1.54) is 13.1 Å². The highest BCUT2D eigenvalue weighted by Crippen LogP contribution is 2.07. The predicted octanol–water partition coefficient (Wildman–Crippen LogP) is 0.520. The van der Waals surface area contributed by atoms with Crippen LogP contribution in [0.25, 0.3) is 0 Å². The van der Waals surface area contributed by atoms with Crippen molar-refractivity contribution < 1.29 is 9.90 Å². The average molecular weight is 196 g/mol. The summed E-state index contributed by atoms with van der Waals surface area (Å²) in [6.45, 7) is 3.32. The second-order valence-electron chi connectivity index (χ2n) is 3.04. The minimum atomic E-state index is -1.00. The third-order valence-corrected chi connectivity index (χ3v) is 2.05. The van der Waals surface area contributed by atoms with Gasteiger partial charge in [-0.25, -0.2) is 4.98 Å². The van der Waals surface area contributed by atoms with Crippen LogP contribution in [0.3, 0.4) is 0 Å². The Kier molecular flexibility index (Phi) is 3.01. The number of H-pyrrole nitrogens is 1. The summed E-state index contributed by atoms with van der Waals surface area (Å²) in [4.78, 5) is 28.3. The first kappa shape index (κ1) is 10.4. The van der Waals surface area contributed by atoms with Gasteiger partial charge in [0.2, 0.25) is 0 Å². The van der Waals surface area contributed by atoms with Gasteiger partial charge in [0.25, 0.3) is 5.56 Å². The van der Waals surface area contributed by atoms with E-state index in [4.69, 9.17) is 5.11 Å². The van der Waals surface area contributed by atoms with Gasteiger partial charge in [0, 0.05) is 11.8 Å². The Morgan fingerprint density at radius 1 is 1.71 bits per heavy atom. The largest absolute Gasteiger partial charge is 0.481 e. The maximum absolute atomic E-state index is 11.3. The lowest BCUT2D eigenvalue weighted by Crippen LogP contribution is -2.20. The van der Waals surface area contributed by atoms with E-state index in [2.05, 4.69) is 9.97 Å². The molecule has 0 aliphatic carbocycles. The van der Waals surface area contributed by atoms with E-state index in [0.29, 0.717) is 12.0 Å². The number of nitrogens with zero attached hydrogens (tertiary/aromatic N) is 1. The molecule has 0 amide bonds. The summed E-state index contributed by atoms with van der Waals surface area (Å²) >= 11 is 0. The molecule has 1 unspecified atom stereocenters. The molecule has 0 aliphatic heterocycles. The molecular weight excluding hydrogens is 184 g/mol. The van der Waals surface area contributed by atoms with Crippen LogP contribution in [0.1, 0.15) is 31.2 Å². The Morgan fingerprint density at radius 2 is 2.36 bits per heavy atom. The number of carbonyl (C=O) groups is 1. The number of rotatable bonds is 3. The predicted molar refractivity (Wildman–Crippen MR) is 50.3 cm³/mol. The van der Waals surface area contributed by atoms with Gasteiger partial charge in [0.15, 0.2) is 0 Å². The smallest absolute Gasteiger partial charge is 0.313 e. The molecule has 0 spiro atoms. The summed E-state index contributed by atoms with van der Waals surface area (Å²) in [6, 6.07) is 0. The van der Waals surface area contributed by atoms with E-state index in [1.54, 1.807) is 0 Å². The van der Waals surface area contributed by atoms with Crippen LogP contribution in [0.15, 0.2) is 11.0 Å². The van der Waals surface area contributed by atoms with Crippen molar-refractivity contribution in [1.82, 2.24) is 9.97 Å². The van der Waals surface area contributed by atoms with Gasteiger partial charge in [-0.05, 0) is 13.3 Å². The van der Waals surface area contributed by atoms with Crippen LogP contribution < -0.4 is 5.56 Å². The average Bonchev–Trinajstić information content (AvgIpc) is 2.16. The van der Waals surface area contributed by atoms with Crippen LogP contribution in [-0.4, -0.2) is 21.0 Å². The topological polar surface area (TPSA) is 83.0 Å². The van der Waals surface area contributed by atoms with Crippen LogP contribution in [-0.2, 0) is 11.2 Å². The number of aliphatic carboxylic acids is 1. The normalized spacial score (nSPS) is 12.4. The molecule has 0 saturated heterocycles. The van der Waals surface area contributed by atoms with E-state index < -0.39 is 11.9 Å². The number of aromatic amines is 1. The summed E-state index contributed by atoms with van der Waals surface area (Å²) < 4.78 is 0. The van der Waals surface area contributed by atoms with Gasteiger partial charge >= 0.3 is 5.97 Å². The number of nitrogens with one attached hydrogen (secondary N) is 1. The summed E-state index contributed by atoms with van der Waals surface area (Å²) in [7, 11) is 0. The second kappa shape index (κ2) is 4.04. The Morgan fingerprint density at radius 3 is 2.79 bits per heavy atom. The van der Waals surface area contributed by atoms with Crippen LogP contribution >= 0.6 is 0 Å². The first-order valence-electron chi connectivity index (χ1n) is 4.37. The summed E-state index contributed by atoms with van der Waals surface area (Å²) in [6.07, 6.45) is 2.01. The maximum atomic E-state index is 11.3. The summed E-state index contributed by atoms with van der Waals surface area (Å²) in [5, 5.41) is 8.69. The fourth-order valence-corrected chi connectivity index (χ4v) is 1.02. The lowest BCUT2D eigenvalue weighted by Gasteiger charge is -2.05. The lowest BCUT2D eigenvalue weighted by molar-refractivity contribution is -0.138. The molecule has 0 saturated carbocycles. The lowest BCUT2D eigenvalue weighted by atomic mass is 10.1. The SMILES string of the molecule is CCc1cnc(C(C)C(=O)O)[nH]c1=O. The van der Waals surface area contributed by atoms with Crippen LogP contribution in [0, 0.1) is 0 Å². The van der Waals surface area contributed by atoms with Crippen LogP contribution in [0.2, 0.25) is 0 Å². The minimum absolute atomic E-state index is 0.194. The van der Waals surface area contributed by atoms with Crippen molar-refractivity contribution >= 4 is 5.97 Å². The highest BCUT2D eigenvalue weighted by molar-refractivity contribution is 5.74. The molecule has 1 heterocycles. The van der Waals surface area contributed by atoms with Crippen LogP contribution in [0.4, 0.5) is 0 Å². The van der Waals surface area contributed by atoms with Crippen molar-refractivity contribution in [3.8, 4) is 0 Å². The molecule has 0 aromatic carbocycles. The molecule has 0 aliphatic rings. The van der Waals surface area contributed by atoms with E-state index in [1.807, 2.05) is 6.92 Å². The third kappa shape index (κ3) is 1.99. The van der Waals surface area contributed by atoms with Gasteiger partial charge in [0.1, 0.15) is 11.7 Å². The molecule has 1 aromatic heterocycles. The standard InChI is InChI=1S/C9H12N2O3/c1-3-6-4-10-7(11-8(6)12)5(2)9(13)14/h4-5H,3H2,1-2H3,(H,13,14)(H,10,11,12). The fraction of sp³-hybridized carbons (Fsp3) is 0.444. The number of hydrogen-bond donors (Lipinski definition) is 2. The Labute approximate surface area is 80.8 Å². The monoisotopic (exact) mass is 196 g/mol. The van der Waals surface area contributed by atoms with Gasteiger partial charge in [-0.1, -0.05) is 6.92 Å². The van der Waals surface area contributed by atoms with Gasteiger partial charge in [-0.2, -0.15) is 0 Å². The third-order valence-electron chi connectivity index (χ3n) is 2.05. The molecule has 2 N–H and O–H groups in total. The first-order valence-corrected chi connectivity index (χ1v) is 4.37. The quantitative estimate of drug-likeness (QED) is 0.738. The van der Waals surface area contributed by atoms with Crippen molar-refractivity contribution in [2.24, 2.45) is 0 Å². The van der Waals surface area contributed by atoms with Crippen molar-refractivity contribution in [2.75, 3.05) is 0 Å². The number of aryl methyl sites for hydroxylation is 1. The van der Waals surface area contributed by atoms with Gasteiger partial charge < -0.3 is 10.1 Å². The van der Waals surface area contributed by atoms with Crippen molar-refractivity contribution in [3.63, 3.8) is 0 Å². The first-order chi connectivity index (χ1) is 6.56. The zero-order valence-corrected chi connectivity index (χ0v) is 8.07. The number of hydrogen-bond acceptors (Lipinski definition) is 3. The molecular formula is C9H12N2O3. The number of aromatic nitrogens is 2. The van der Waals surface area contributed by atoms with Crippen LogP contribution in [0.5, 0.6) is 0 Å². The molecule has 14 heavy (non-hydrogen) atoms. The minimum Gasteiger partial charge on any atom is -0.481 e. The zero-order valence-electron chi connectivity index (χ0n) is 8.07. The van der Waals surface area contributed by atoms with E-state index in [-0.39, 0.29) is 11.4 Å². The molecule has 1 aromatic rings. The molecule has 76 valence electrons. The van der Waals surface area contributed by atoms with E-state index >= 15 is 0 Å². The van der Waals surface area contributed by atoms with E-state index in [0.717, 1.165) is 0 Å². The van der Waals surface area contributed by atoms with Crippen molar-refractivity contribution in [1.29, 1.82) is 0 Å².